The van der Waals surface area contributed by atoms with Gasteiger partial charge in [0.25, 0.3) is 0 Å². The van der Waals surface area contributed by atoms with Crippen molar-refractivity contribution in [2.45, 2.75) is 31.2 Å². The standard InChI is InChI=1S/C15H16N2O2S2/c1-3-14(15-5-4-8-20-15)17-21(18,19)13-7-6-12(10-16)11(2)9-13/h4-9,14,17H,3H2,1-2H3. The number of nitrogens with one attached hydrogen (secondary N) is 1. The molecule has 0 bridgehead atoms. The summed E-state index contributed by atoms with van der Waals surface area (Å²) in [5.74, 6) is 0. The van der Waals surface area contributed by atoms with Crippen molar-refractivity contribution in [2.75, 3.05) is 0 Å². The molecule has 2 rings (SSSR count). The van der Waals surface area contributed by atoms with Gasteiger partial charge in [-0.05, 0) is 48.6 Å². The zero-order valence-electron chi connectivity index (χ0n) is 11.8. The number of rotatable bonds is 5. The van der Waals surface area contributed by atoms with Crippen LogP contribution in [0.1, 0.15) is 35.4 Å². The molecule has 4 nitrogen and oxygen atoms in total. The molecular formula is C15H16N2O2S2. The van der Waals surface area contributed by atoms with Gasteiger partial charge >= 0.3 is 0 Å². The molecule has 0 fully saturated rings. The number of benzene rings is 1. The Bertz CT molecular complexity index is 759. The fraction of sp³-hybridized carbons (Fsp3) is 0.267. The number of hydrogen-bond acceptors (Lipinski definition) is 4. The van der Waals surface area contributed by atoms with Gasteiger partial charge in [-0.3, -0.25) is 0 Å². The highest BCUT2D eigenvalue weighted by molar-refractivity contribution is 7.89. The monoisotopic (exact) mass is 320 g/mol. The van der Waals surface area contributed by atoms with Crippen molar-refractivity contribution in [1.29, 1.82) is 5.26 Å². The third kappa shape index (κ3) is 3.50. The first-order valence-corrected chi connectivity index (χ1v) is 8.90. The van der Waals surface area contributed by atoms with Gasteiger partial charge in [0.15, 0.2) is 0 Å². The summed E-state index contributed by atoms with van der Waals surface area (Å²) in [4.78, 5) is 1.18. The van der Waals surface area contributed by atoms with Gasteiger partial charge in [0.05, 0.1) is 22.6 Å². The van der Waals surface area contributed by atoms with Gasteiger partial charge < -0.3 is 0 Å². The second-order valence-electron chi connectivity index (χ2n) is 4.69. The molecule has 1 heterocycles. The molecule has 0 saturated carbocycles. The van der Waals surface area contributed by atoms with Crippen LogP contribution in [0.5, 0.6) is 0 Å². The minimum Gasteiger partial charge on any atom is -0.207 e. The van der Waals surface area contributed by atoms with Crippen LogP contribution in [0.15, 0.2) is 40.6 Å². The van der Waals surface area contributed by atoms with Crippen LogP contribution in [0.25, 0.3) is 0 Å². The van der Waals surface area contributed by atoms with Crippen LogP contribution < -0.4 is 4.72 Å². The number of thiophene rings is 1. The van der Waals surface area contributed by atoms with E-state index in [4.69, 9.17) is 5.26 Å². The van der Waals surface area contributed by atoms with E-state index in [1.54, 1.807) is 6.92 Å². The Morgan fingerprint density at radius 2 is 2.14 bits per heavy atom. The van der Waals surface area contributed by atoms with Gasteiger partial charge in [0, 0.05) is 4.88 Å². The molecule has 6 heteroatoms. The lowest BCUT2D eigenvalue weighted by atomic mass is 10.1. The van der Waals surface area contributed by atoms with E-state index in [0.717, 1.165) is 4.88 Å². The Labute approximate surface area is 129 Å². The van der Waals surface area contributed by atoms with Crippen LogP contribution in [-0.2, 0) is 10.0 Å². The molecule has 1 aromatic carbocycles. The number of nitrogens with zero attached hydrogens (tertiary/aromatic N) is 1. The molecule has 0 radical (unpaired) electrons. The lowest BCUT2D eigenvalue weighted by Gasteiger charge is -2.16. The maximum Gasteiger partial charge on any atom is 0.241 e. The second kappa shape index (κ2) is 6.39. The summed E-state index contributed by atoms with van der Waals surface area (Å²) in [6.45, 7) is 3.67. The molecule has 0 spiro atoms. The Balaban J connectivity index is 2.30. The zero-order chi connectivity index (χ0) is 15.5. The van der Waals surface area contributed by atoms with E-state index in [1.807, 2.05) is 30.5 Å². The van der Waals surface area contributed by atoms with Crippen molar-refractivity contribution in [3.05, 3.63) is 51.7 Å². The summed E-state index contributed by atoms with van der Waals surface area (Å²) in [6, 6.07) is 10.2. The van der Waals surface area contributed by atoms with Gasteiger partial charge in [-0.1, -0.05) is 13.0 Å². The highest BCUT2D eigenvalue weighted by Gasteiger charge is 2.21. The molecule has 110 valence electrons. The van der Waals surface area contributed by atoms with Crippen molar-refractivity contribution in [3.8, 4) is 6.07 Å². The topological polar surface area (TPSA) is 70.0 Å². The fourth-order valence-electron chi connectivity index (χ4n) is 2.02. The largest absolute Gasteiger partial charge is 0.241 e. The number of aryl methyl sites for hydroxylation is 1. The minimum absolute atomic E-state index is 0.189. The Morgan fingerprint density at radius 1 is 1.38 bits per heavy atom. The van der Waals surface area contributed by atoms with E-state index in [0.29, 0.717) is 17.5 Å². The van der Waals surface area contributed by atoms with E-state index in [-0.39, 0.29) is 10.9 Å². The molecule has 0 aliphatic rings. The van der Waals surface area contributed by atoms with Crippen molar-refractivity contribution in [2.24, 2.45) is 0 Å². The molecule has 0 aliphatic carbocycles. The molecule has 21 heavy (non-hydrogen) atoms. The maximum atomic E-state index is 12.5. The van der Waals surface area contributed by atoms with Crippen LogP contribution in [0.4, 0.5) is 0 Å². The molecule has 1 N–H and O–H groups in total. The Kier molecular flexibility index (Phi) is 4.78. The van der Waals surface area contributed by atoms with E-state index in [2.05, 4.69) is 4.72 Å². The van der Waals surface area contributed by atoms with Gasteiger partial charge in [-0.2, -0.15) is 5.26 Å². The first kappa shape index (κ1) is 15.7. The van der Waals surface area contributed by atoms with Gasteiger partial charge in [-0.25, -0.2) is 13.1 Å². The summed E-state index contributed by atoms with van der Waals surface area (Å²) in [6.07, 6.45) is 0.676. The summed E-state index contributed by atoms with van der Waals surface area (Å²) >= 11 is 1.53. The predicted octanol–water partition coefficient (Wildman–Crippen LogP) is 3.36. The summed E-state index contributed by atoms with van der Waals surface area (Å²) in [7, 11) is -3.60. The number of nitriles is 1. The van der Waals surface area contributed by atoms with E-state index >= 15 is 0 Å². The summed E-state index contributed by atoms with van der Waals surface area (Å²) in [5.41, 5.74) is 1.14. The normalized spacial score (nSPS) is 12.8. The molecular weight excluding hydrogens is 304 g/mol. The van der Waals surface area contributed by atoms with Gasteiger partial charge in [-0.15, -0.1) is 11.3 Å². The minimum atomic E-state index is -3.60. The molecule has 0 aliphatic heterocycles. The second-order valence-corrected chi connectivity index (χ2v) is 7.38. The van der Waals surface area contributed by atoms with Crippen LogP contribution in [0, 0.1) is 18.3 Å². The quantitative estimate of drug-likeness (QED) is 0.918. The fourth-order valence-corrected chi connectivity index (χ4v) is 4.34. The van der Waals surface area contributed by atoms with Crippen molar-refractivity contribution >= 4 is 21.4 Å². The molecule has 2 aromatic rings. The third-order valence-corrected chi connectivity index (χ3v) is 5.68. The predicted molar refractivity (Wildman–Crippen MR) is 83.6 cm³/mol. The van der Waals surface area contributed by atoms with Crippen LogP contribution in [0.2, 0.25) is 0 Å². The summed E-state index contributed by atoms with van der Waals surface area (Å²) in [5, 5.41) is 10.8. The van der Waals surface area contributed by atoms with Crippen molar-refractivity contribution < 1.29 is 8.42 Å². The maximum absolute atomic E-state index is 12.5. The van der Waals surface area contributed by atoms with E-state index < -0.39 is 10.0 Å². The lowest BCUT2D eigenvalue weighted by Crippen LogP contribution is -2.27. The van der Waals surface area contributed by atoms with Crippen molar-refractivity contribution in [1.82, 2.24) is 4.72 Å². The Morgan fingerprint density at radius 3 is 2.67 bits per heavy atom. The first-order valence-electron chi connectivity index (χ1n) is 6.54. The van der Waals surface area contributed by atoms with Gasteiger partial charge in [0.1, 0.15) is 0 Å². The smallest absolute Gasteiger partial charge is 0.207 e. The number of hydrogen-bond donors (Lipinski definition) is 1. The SMILES string of the molecule is CCC(NS(=O)(=O)c1ccc(C#N)c(C)c1)c1cccs1. The van der Waals surface area contributed by atoms with Crippen molar-refractivity contribution in [3.63, 3.8) is 0 Å². The molecule has 0 amide bonds. The molecule has 1 aromatic heterocycles. The Hall–Kier alpha value is -1.68. The van der Waals surface area contributed by atoms with Crippen LogP contribution >= 0.6 is 11.3 Å². The lowest BCUT2D eigenvalue weighted by molar-refractivity contribution is 0.553. The highest BCUT2D eigenvalue weighted by Crippen LogP contribution is 2.24. The van der Waals surface area contributed by atoms with Crippen LogP contribution in [-0.4, -0.2) is 8.42 Å². The summed E-state index contributed by atoms with van der Waals surface area (Å²) < 4.78 is 27.6. The number of sulfonamides is 1. The molecule has 1 unspecified atom stereocenters. The average Bonchev–Trinajstić information content (AvgIpc) is 2.98. The molecule has 0 saturated heterocycles. The zero-order valence-corrected chi connectivity index (χ0v) is 13.5. The average molecular weight is 320 g/mol. The van der Waals surface area contributed by atoms with E-state index in [9.17, 15) is 8.42 Å². The highest BCUT2D eigenvalue weighted by atomic mass is 32.2. The third-order valence-electron chi connectivity index (χ3n) is 3.22. The van der Waals surface area contributed by atoms with E-state index in [1.165, 1.54) is 29.5 Å². The van der Waals surface area contributed by atoms with Crippen LogP contribution in [0.3, 0.4) is 0 Å². The molecule has 1 atom stereocenters. The van der Waals surface area contributed by atoms with Gasteiger partial charge in [0.2, 0.25) is 10.0 Å². The first-order chi connectivity index (χ1) is 9.97.